The molecule has 0 unspecified atom stereocenters. The molecule has 1 aromatic heterocycles. The van der Waals surface area contributed by atoms with Gasteiger partial charge >= 0.3 is 6.16 Å². The number of Topliss-reactive ketones (excluding diaryl/α,β-unsaturated/α-hetero) is 1. The summed E-state index contributed by atoms with van der Waals surface area (Å²) in [5.41, 5.74) is 3.19. The minimum absolute atomic E-state index is 0.0852. The van der Waals surface area contributed by atoms with E-state index in [1.165, 1.54) is 24.3 Å². The Morgan fingerprint density at radius 2 is 1.57 bits per heavy atom. The third-order valence-corrected chi connectivity index (χ3v) is 5.79. The molecule has 9 heteroatoms. The molecule has 3 aromatic carbocycles. The summed E-state index contributed by atoms with van der Waals surface area (Å²) in [5, 5.41) is 16.7. The maximum absolute atomic E-state index is 14.7. The zero-order valence-electron chi connectivity index (χ0n) is 18.5. The molecule has 180 valence electrons. The molecule has 4 aromatic rings. The van der Waals surface area contributed by atoms with Crippen LogP contribution in [0.2, 0.25) is 0 Å². The molecule has 1 saturated carbocycles. The highest BCUT2D eigenvalue weighted by molar-refractivity contribution is 5.98. The lowest BCUT2D eigenvalue weighted by molar-refractivity contribution is 0.0922. The van der Waals surface area contributed by atoms with Crippen molar-refractivity contribution in [1.29, 1.82) is 0 Å². The standard InChI is InChI=1S/C25H20F2N2O2.CH2O3/c26-19-10-12-22-23(14-19)31-25(29-22)28-21-11-9-18(13-20(21)27)15-5-7-17(8-6-15)24(30)16-3-1-2-4-16;2-1(3)4/h5-14,16H,1-4H2,(H,28,29);(H2,2,3,4). The lowest BCUT2D eigenvalue weighted by atomic mass is 9.94. The summed E-state index contributed by atoms with van der Waals surface area (Å²) < 4.78 is 33.4. The van der Waals surface area contributed by atoms with Gasteiger partial charge in [-0.2, -0.15) is 4.98 Å². The van der Waals surface area contributed by atoms with E-state index in [0.717, 1.165) is 31.2 Å². The quantitative estimate of drug-likeness (QED) is 0.261. The maximum atomic E-state index is 14.7. The van der Waals surface area contributed by atoms with Crippen LogP contribution in [0.3, 0.4) is 0 Å². The number of carboxylic acid groups (broad SMARTS) is 2. The van der Waals surface area contributed by atoms with Crippen LogP contribution in [0.15, 0.2) is 65.1 Å². The molecule has 5 rings (SSSR count). The molecule has 1 aliphatic rings. The van der Waals surface area contributed by atoms with Gasteiger partial charge in [-0.1, -0.05) is 43.2 Å². The van der Waals surface area contributed by atoms with Crippen molar-refractivity contribution < 1.29 is 33.0 Å². The van der Waals surface area contributed by atoms with Crippen molar-refractivity contribution in [3.05, 3.63) is 77.9 Å². The van der Waals surface area contributed by atoms with Gasteiger partial charge in [0.05, 0.1) is 5.69 Å². The molecule has 0 atom stereocenters. The number of fused-ring (bicyclic) bond motifs is 1. The molecule has 3 N–H and O–H groups in total. The number of carbonyl (C=O) groups excluding carboxylic acids is 1. The Kier molecular flexibility index (Phi) is 7.05. The summed E-state index contributed by atoms with van der Waals surface area (Å²) >= 11 is 0. The minimum Gasteiger partial charge on any atom is -0.450 e. The number of hydrogen-bond acceptors (Lipinski definition) is 5. The molecule has 1 heterocycles. The number of halogens is 2. The second kappa shape index (κ2) is 10.3. The first-order valence-corrected chi connectivity index (χ1v) is 11.0. The Morgan fingerprint density at radius 1 is 0.914 bits per heavy atom. The highest BCUT2D eigenvalue weighted by Gasteiger charge is 2.23. The predicted molar refractivity (Wildman–Crippen MR) is 126 cm³/mol. The summed E-state index contributed by atoms with van der Waals surface area (Å²) in [6.45, 7) is 0. The van der Waals surface area contributed by atoms with Gasteiger partial charge in [-0.3, -0.25) is 4.79 Å². The molecule has 0 bridgehead atoms. The topological polar surface area (TPSA) is 113 Å². The summed E-state index contributed by atoms with van der Waals surface area (Å²) in [6.07, 6.45) is 2.34. The van der Waals surface area contributed by atoms with E-state index < -0.39 is 17.8 Å². The average Bonchev–Trinajstić information content (AvgIpc) is 3.49. The molecule has 0 aliphatic heterocycles. The molecule has 0 radical (unpaired) electrons. The number of aromatic nitrogens is 1. The Balaban J connectivity index is 0.000000672. The monoisotopic (exact) mass is 480 g/mol. The van der Waals surface area contributed by atoms with Gasteiger partial charge in [0, 0.05) is 17.5 Å². The number of ketones is 1. The molecule has 35 heavy (non-hydrogen) atoms. The number of hydrogen-bond donors (Lipinski definition) is 3. The van der Waals surface area contributed by atoms with Crippen molar-refractivity contribution in [2.75, 3.05) is 5.32 Å². The predicted octanol–water partition coefficient (Wildman–Crippen LogP) is 7.11. The molecule has 0 saturated heterocycles. The van der Waals surface area contributed by atoms with E-state index in [9.17, 15) is 13.6 Å². The van der Waals surface area contributed by atoms with Crippen LogP contribution < -0.4 is 5.32 Å². The lowest BCUT2D eigenvalue weighted by Gasteiger charge is -2.10. The van der Waals surface area contributed by atoms with Gasteiger partial charge in [0.25, 0.3) is 6.01 Å². The maximum Gasteiger partial charge on any atom is 0.503 e. The Hall–Kier alpha value is -4.27. The van der Waals surface area contributed by atoms with Gasteiger partial charge in [0.1, 0.15) is 17.2 Å². The Labute approximate surface area is 199 Å². The van der Waals surface area contributed by atoms with Crippen LogP contribution in [0.5, 0.6) is 0 Å². The van der Waals surface area contributed by atoms with E-state index in [2.05, 4.69) is 10.3 Å². The van der Waals surface area contributed by atoms with Crippen molar-refractivity contribution >= 4 is 34.7 Å². The average molecular weight is 480 g/mol. The minimum atomic E-state index is -1.83. The van der Waals surface area contributed by atoms with Gasteiger partial charge in [-0.05, 0) is 48.2 Å². The Bertz CT molecular complexity index is 1360. The highest BCUT2D eigenvalue weighted by Crippen LogP contribution is 2.30. The summed E-state index contributed by atoms with van der Waals surface area (Å²) in [4.78, 5) is 25.3. The number of benzene rings is 3. The fourth-order valence-electron chi connectivity index (χ4n) is 4.11. The smallest absolute Gasteiger partial charge is 0.450 e. The van der Waals surface area contributed by atoms with E-state index in [1.54, 1.807) is 12.1 Å². The molecule has 0 spiro atoms. The van der Waals surface area contributed by atoms with Crippen molar-refractivity contribution in [2.45, 2.75) is 25.7 Å². The fourth-order valence-corrected chi connectivity index (χ4v) is 4.11. The zero-order chi connectivity index (χ0) is 24.9. The first-order chi connectivity index (χ1) is 16.8. The second-order valence-corrected chi connectivity index (χ2v) is 8.16. The number of nitrogens with one attached hydrogen (secondary N) is 1. The third kappa shape index (κ3) is 5.81. The summed E-state index contributed by atoms with van der Waals surface area (Å²) in [6, 6.07) is 16.2. The first kappa shape index (κ1) is 23.9. The lowest BCUT2D eigenvalue weighted by Crippen LogP contribution is -2.10. The highest BCUT2D eigenvalue weighted by atomic mass is 19.1. The molecular formula is C26H22F2N2O5. The number of anilines is 2. The molecule has 1 fully saturated rings. The zero-order valence-corrected chi connectivity index (χ0v) is 18.5. The van der Waals surface area contributed by atoms with Crippen LogP contribution in [0.4, 0.5) is 25.3 Å². The fraction of sp³-hybridized carbons (Fsp3) is 0.192. The van der Waals surface area contributed by atoms with E-state index in [4.69, 9.17) is 19.4 Å². The SMILES string of the molecule is O=C(O)O.O=C(c1ccc(-c2ccc(Nc3nc4ccc(F)cc4o3)c(F)c2)cc1)C1CCCC1. The summed E-state index contributed by atoms with van der Waals surface area (Å²) in [5.74, 6) is -0.566. The number of rotatable bonds is 5. The van der Waals surface area contributed by atoms with E-state index >= 15 is 0 Å². The second-order valence-electron chi connectivity index (χ2n) is 8.16. The molecule has 7 nitrogen and oxygen atoms in total. The van der Waals surface area contributed by atoms with Crippen molar-refractivity contribution in [3.8, 4) is 11.1 Å². The number of carbonyl (C=O) groups is 2. The van der Waals surface area contributed by atoms with Gasteiger partial charge < -0.3 is 19.9 Å². The van der Waals surface area contributed by atoms with Crippen LogP contribution in [0.1, 0.15) is 36.0 Å². The summed E-state index contributed by atoms with van der Waals surface area (Å²) in [7, 11) is 0. The van der Waals surface area contributed by atoms with Crippen molar-refractivity contribution in [1.82, 2.24) is 4.98 Å². The molecule has 1 aliphatic carbocycles. The first-order valence-electron chi connectivity index (χ1n) is 11.0. The number of nitrogens with zero attached hydrogens (tertiary/aromatic N) is 1. The molecular weight excluding hydrogens is 458 g/mol. The molecule has 0 amide bonds. The van der Waals surface area contributed by atoms with E-state index in [-0.39, 0.29) is 29.0 Å². The van der Waals surface area contributed by atoms with Crippen LogP contribution in [0.25, 0.3) is 22.2 Å². The van der Waals surface area contributed by atoms with Crippen LogP contribution in [-0.2, 0) is 0 Å². The van der Waals surface area contributed by atoms with Gasteiger partial charge in [-0.25, -0.2) is 13.6 Å². The Morgan fingerprint density at radius 3 is 2.23 bits per heavy atom. The van der Waals surface area contributed by atoms with E-state index in [1.807, 2.05) is 24.3 Å². The van der Waals surface area contributed by atoms with Crippen molar-refractivity contribution in [2.24, 2.45) is 5.92 Å². The normalized spacial score (nSPS) is 13.3. The number of oxazole rings is 1. The third-order valence-electron chi connectivity index (χ3n) is 5.79. The van der Waals surface area contributed by atoms with Gasteiger partial charge in [0.15, 0.2) is 11.4 Å². The van der Waals surface area contributed by atoms with Crippen LogP contribution >= 0.6 is 0 Å². The van der Waals surface area contributed by atoms with E-state index in [0.29, 0.717) is 16.6 Å². The largest absolute Gasteiger partial charge is 0.503 e. The van der Waals surface area contributed by atoms with Crippen molar-refractivity contribution in [3.63, 3.8) is 0 Å². The van der Waals surface area contributed by atoms with Crippen LogP contribution in [-0.4, -0.2) is 27.1 Å². The van der Waals surface area contributed by atoms with Gasteiger partial charge in [-0.15, -0.1) is 0 Å². The van der Waals surface area contributed by atoms with Gasteiger partial charge in [0.2, 0.25) is 0 Å². The van der Waals surface area contributed by atoms with Crippen LogP contribution in [0, 0.1) is 17.6 Å².